The predicted octanol–water partition coefficient (Wildman–Crippen LogP) is 2.40. The fourth-order valence-corrected chi connectivity index (χ4v) is 2.25. The molecule has 2 aromatic rings. The lowest BCUT2D eigenvalue weighted by Crippen LogP contribution is -2.22. The van der Waals surface area contributed by atoms with E-state index in [1.165, 1.54) is 0 Å². The van der Waals surface area contributed by atoms with Gasteiger partial charge >= 0.3 is 0 Å². The van der Waals surface area contributed by atoms with Gasteiger partial charge in [-0.25, -0.2) is 9.97 Å². The zero-order valence-electron chi connectivity index (χ0n) is 12.6. The van der Waals surface area contributed by atoms with E-state index in [4.69, 9.17) is 0 Å². The van der Waals surface area contributed by atoms with E-state index in [0.717, 1.165) is 26.2 Å². The molecule has 2 rings (SSSR count). The largest absolute Gasteiger partial charge is 0.382 e. The maximum Gasteiger partial charge on any atom is 0.160 e. The normalized spacial score (nSPS) is 11.7. The number of aromatic nitrogens is 3. The molecule has 112 valence electrons. The molecular formula is C15H19IN4O. The molecule has 5 nitrogen and oxygen atoms in total. The molecule has 0 unspecified atom stereocenters. The van der Waals surface area contributed by atoms with Gasteiger partial charge in [-0.05, 0) is 68.1 Å². The molecule has 2 heterocycles. The second kappa shape index (κ2) is 6.33. The van der Waals surface area contributed by atoms with Crippen LogP contribution < -0.4 is 5.32 Å². The highest BCUT2D eigenvalue weighted by atomic mass is 127. The van der Waals surface area contributed by atoms with E-state index < -0.39 is 5.60 Å². The minimum Gasteiger partial charge on any atom is -0.382 e. The summed E-state index contributed by atoms with van der Waals surface area (Å²) in [6, 6.07) is 3.90. The SMILES string of the molecule is CNCc1cc(-c2cc(I)c(C)cn2)nc(C(C)(C)O)n1. The smallest absolute Gasteiger partial charge is 0.160 e. The van der Waals surface area contributed by atoms with E-state index in [2.05, 4.69) is 42.9 Å². The molecule has 6 heteroatoms. The highest BCUT2D eigenvalue weighted by molar-refractivity contribution is 14.1. The minimum absolute atomic E-state index is 0.405. The van der Waals surface area contributed by atoms with Crippen LogP contribution in [0.25, 0.3) is 11.4 Å². The van der Waals surface area contributed by atoms with Crippen molar-refractivity contribution < 1.29 is 5.11 Å². The van der Waals surface area contributed by atoms with Crippen molar-refractivity contribution in [3.05, 3.63) is 39.0 Å². The fourth-order valence-electron chi connectivity index (χ4n) is 1.81. The van der Waals surface area contributed by atoms with Gasteiger partial charge in [0.15, 0.2) is 5.82 Å². The summed E-state index contributed by atoms with van der Waals surface area (Å²) in [7, 11) is 1.86. The van der Waals surface area contributed by atoms with E-state index in [0.29, 0.717) is 12.4 Å². The Bertz CT molecular complexity index is 653. The van der Waals surface area contributed by atoms with Gasteiger partial charge in [0.25, 0.3) is 0 Å². The molecule has 2 N–H and O–H groups in total. The molecule has 0 saturated heterocycles. The Hall–Kier alpha value is -1.12. The Morgan fingerprint density at radius 2 is 1.95 bits per heavy atom. The van der Waals surface area contributed by atoms with Gasteiger partial charge < -0.3 is 10.4 Å². The first-order valence-corrected chi connectivity index (χ1v) is 7.77. The summed E-state index contributed by atoms with van der Waals surface area (Å²) in [6.45, 7) is 6.00. The minimum atomic E-state index is -1.09. The van der Waals surface area contributed by atoms with Gasteiger partial charge in [0.05, 0.1) is 17.1 Å². The van der Waals surface area contributed by atoms with Crippen molar-refractivity contribution in [2.75, 3.05) is 7.05 Å². The van der Waals surface area contributed by atoms with E-state index in [-0.39, 0.29) is 0 Å². The van der Waals surface area contributed by atoms with Crippen LogP contribution in [0.15, 0.2) is 18.3 Å². The summed E-state index contributed by atoms with van der Waals surface area (Å²) in [5.74, 6) is 0.405. The van der Waals surface area contributed by atoms with Gasteiger partial charge in [-0.2, -0.15) is 0 Å². The van der Waals surface area contributed by atoms with Crippen molar-refractivity contribution in [3.8, 4) is 11.4 Å². The summed E-state index contributed by atoms with van der Waals surface area (Å²) >= 11 is 2.28. The van der Waals surface area contributed by atoms with Gasteiger partial charge in [0.2, 0.25) is 0 Å². The van der Waals surface area contributed by atoms with Crippen molar-refractivity contribution in [3.63, 3.8) is 0 Å². The van der Waals surface area contributed by atoms with Crippen LogP contribution >= 0.6 is 22.6 Å². The maximum absolute atomic E-state index is 10.2. The Labute approximate surface area is 138 Å². The molecule has 0 radical (unpaired) electrons. The lowest BCUT2D eigenvalue weighted by atomic mass is 10.1. The Morgan fingerprint density at radius 3 is 2.52 bits per heavy atom. The van der Waals surface area contributed by atoms with Crippen molar-refractivity contribution in [1.29, 1.82) is 0 Å². The lowest BCUT2D eigenvalue weighted by Gasteiger charge is -2.17. The van der Waals surface area contributed by atoms with Crippen LogP contribution in [0, 0.1) is 10.5 Å². The van der Waals surface area contributed by atoms with Crippen LogP contribution in [-0.2, 0) is 12.1 Å². The molecule has 0 aliphatic heterocycles. The van der Waals surface area contributed by atoms with Crippen LogP contribution in [-0.4, -0.2) is 27.1 Å². The summed E-state index contributed by atoms with van der Waals surface area (Å²) in [6.07, 6.45) is 1.83. The molecule has 0 spiro atoms. The zero-order valence-corrected chi connectivity index (χ0v) is 14.8. The quantitative estimate of drug-likeness (QED) is 0.775. The standard InChI is InChI=1S/C15H19IN4O/c1-9-7-18-12(6-11(9)16)13-5-10(8-17-4)19-14(20-13)15(2,3)21/h5-7,17,21H,8H2,1-4H3. The second-order valence-electron chi connectivity index (χ2n) is 5.48. The highest BCUT2D eigenvalue weighted by Crippen LogP contribution is 2.23. The third kappa shape index (κ3) is 3.96. The molecule has 0 aliphatic rings. The number of aliphatic hydroxyl groups is 1. The predicted molar refractivity (Wildman–Crippen MR) is 90.7 cm³/mol. The number of pyridine rings is 1. The Balaban J connectivity index is 2.56. The number of nitrogens with one attached hydrogen (secondary N) is 1. The third-order valence-electron chi connectivity index (χ3n) is 2.98. The molecule has 2 aromatic heterocycles. The lowest BCUT2D eigenvalue weighted by molar-refractivity contribution is 0.0685. The molecule has 0 fully saturated rings. The van der Waals surface area contributed by atoms with Gasteiger partial charge in [0.1, 0.15) is 5.60 Å². The Kier molecular flexibility index (Phi) is 4.90. The third-order valence-corrected chi connectivity index (χ3v) is 4.15. The maximum atomic E-state index is 10.2. The van der Waals surface area contributed by atoms with Crippen LogP contribution in [0.3, 0.4) is 0 Å². The van der Waals surface area contributed by atoms with Crippen LogP contribution in [0.5, 0.6) is 0 Å². The molecule has 0 bridgehead atoms. The van der Waals surface area contributed by atoms with Gasteiger partial charge in [0, 0.05) is 16.3 Å². The average Bonchev–Trinajstić information content (AvgIpc) is 2.41. The molecule has 0 saturated carbocycles. The first-order chi connectivity index (χ1) is 9.81. The van der Waals surface area contributed by atoms with Crippen LogP contribution in [0.4, 0.5) is 0 Å². The highest BCUT2D eigenvalue weighted by Gasteiger charge is 2.21. The van der Waals surface area contributed by atoms with Crippen molar-refractivity contribution in [2.45, 2.75) is 32.9 Å². The second-order valence-corrected chi connectivity index (χ2v) is 6.64. The summed E-state index contributed by atoms with van der Waals surface area (Å²) in [5.41, 5.74) is 2.39. The number of hydrogen-bond acceptors (Lipinski definition) is 5. The molecule has 0 aromatic carbocycles. The zero-order chi connectivity index (χ0) is 15.6. The van der Waals surface area contributed by atoms with Crippen LogP contribution in [0.1, 0.15) is 30.9 Å². The van der Waals surface area contributed by atoms with Crippen molar-refractivity contribution in [2.24, 2.45) is 0 Å². The first kappa shape index (κ1) is 16.3. The number of aryl methyl sites for hydroxylation is 1. The summed E-state index contributed by atoms with van der Waals surface area (Å²) < 4.78 is 1.14. The molecule has 0 amide bonds. The summed E-state index contributed by atoms with van der Waals surface area (Å²) in [5, 5.41) is 13.3. The molecule has 21 heavy (non-hydrogen) atoms. The number of rotatable bonds is 4. The number of hydrogen-bond donors (Lipinski definition) is 2. The topological polar surface area (TPSA) is 70.9 Å². The van der Waals surface area contributed by atoms with E-state index >= 15 is 0 Å². The van der Waals surface area contributed by atoms with Gasteiger partial charge in [-0.1, -0.05) is 0 Å². The fraction of sp³-hybridized carbons (Fsp3) is 0.400. The van der Waals surface area contributed by atoms with Crippen molar-refractivity contribution >= 4 is 22.6 Å². The van der Waals surface area contributed by atoms with Gasteiger partial charge in [-0.15, -0.1) is 0 Å². The molecule has 0 aliphatic carbocycles. The number of nitrogens with zero attached hydrogens (tertiary/aromatic N) is 3. The van der Waals surface area contributed by atoms with E-state index in [1.54, 1.807) is 13.8 Å². The van der Waals surface area contributed by atoms with Crippen molar-refractivity contribution in [1.82, 2.24) is 20.3 Å². The van der Waals surface area contributed by atoms with Gasteiger partial charge in [-0.3, -0.25) is 4.98 Å². The average molecular weight is 398 g/mol. The molecular weight excluding hydrogens is 379 g/mol. The Morgan fingerprint density at radius 1 is 1.24 bits per heavy atom. The number of halogens is 1. The monoisotopic (exact) mass is 398 g/mol. The molecule has 0 atom stereocenters. The van der Waals surface area contributed by atoms with E-state index in [1.807, 2.05) is 32.3 Å². The van der Waals surface area contributed by atoms with Crippen LogP contribution in [0.2, 0.25) is 0 Å². The summed E-state index contributed by atoms with van der Waals surface area (Å²) in [4.78, 5) is 13.3. The first-order valence-electron chi connectivity index (χ1n) is 6.69. The van der Waals surface area contributed by atoms with E-state index in [9.17, 15) is 5.11 Å².